The fraction of sp³-hybridized carbons (Fsp3) is 0.273. The minimum Gasteiger partial charge on any atom is -0.370 e. The van der Waals surface area contributed by atoms with Gasteiger partial charge in [0.1, 0.15) is 18.0 Å². The van der Waals surface area contributed by atoms with Crippen molar-refractivity contribution in [2.24, 2.45) is 0 Å². The van der Waals surface area contributed by atoms with Crippen LogP contribution in [0.15, 0.2) is 24.7 Å². The smallest absolute Gasteiger partial charge is 0.223 e. The van der Waals surface area contributed by atoms with Crippen LogP contribution in [-0.4, -0.2) is 26.5 Å². The van der Waals surface area contributed by atoms with Gasteiger partial charge in [-0.05, 0) is 13.0 Å². The van der Waals surface area contributed by atoms with Gasteiger partial charge in [0, 0.05) is 18.8 Å². The van der Waals surface area contributed by atoms with Crippen LogP contribution in [-0.2, 0) is 6.54 Å². The number of hydrogen-bond donors (Lipinski definition) is 3. The van der Waals surface area contributed by atoms with Gasteiger partial charge >= 0.3 is 0 Å². The van der Waals surface area contributed by atoms with E-state index < -0.39 is 0 Å². The molecule has 2 heterocycles. The number of nitrogen functional groups attached to an aromatic ring is 1. The monoisotopic (exact) mass is 245 g/mol. The van der Waals surface area contributed by atoms with Crippen molar-refractivity contribution in [3.63, 3.8) is 0 Å². The van der Waals surface area contributed by atoms with Gasteiger partial charge in [-0.3, -0.25) is 0 Å². The molecule has 0 amide bonds. The lowest BCUT2D eigenvalue weighted by Crippen LogP contribution is -2.08. The Morgan fingerprint density at radius 3 is 2.67 bits per heavy atom. The van der Waals surface area contributed by atoms with E-state index in [4.69, 9.17) is 5.73 Å². The van der Waals surface area contributed by atoms with E-state index >= 15 is 0 Å². The minimum atomic E-state index is 0.235. The maximum atomic E-state index is 5.63. The van der Waals surface area contributed by atoms with Crippen molar-refractivity contribution < 1.29 is 0 Å². The van der Waals surface area contributed by atoms with E-state index in [0.717, 1.165) is 12.2 Å². The third-order valence-corrected chi connectivity index (χ3v) is 2.20. The normalized spacial score (nSPS) is 10.1. The number of aromatic nitrogens is 4. The zero-order valence-electron chi connectivity index (χ0n) is 10.1. The van der Waals surface area contributed by atoms with Crippen molar-refractivity contribution in [3.8, 4) is 0 Å². The number of nitrogens with zero attached hydrogens (tertiary/aromatic N) is 4. The first kappa shape index (κ1) is 12.0. The Morgan fingerprint density at radius 2 is 2.00 bits per heavy atom. The van der Waals surface area contributed by atoms with Crippen LogP contribution >= 0.6 is 0 Å². The molecule has 94 valence electrons. The summed E-state index contributed by atoms with van der Waals surface area (Å²) in [5.41, 5.74) is 6.51. The third kappa shape index (κ3) is 3.27. The summed E-state index contributed by atoms with van der Waals surface area (Å²) >= 11 is 0. The minimum absolute atomic E-state index is 0.235. The molecule has 0 atom stereocenters. The second-order valence-electron chi connectivity index (χ2n) is 3.58. The third-order valence-electron chi connectivity index (χ3n) is 2.20. The van der Waals surface area contributed by atoms with E-state index in [1.54, 1.807) is 12.3 Å². The summed E-state index contributed by atoms with van der Waals surface area (Å²) in [7, 11) is 0. The molecule has 2 aromatic heterocycles. The van der Waals surface area contributed by atoms with Gasteiger partial charge in [-0.25, -0.2) is 9.97 Å². The Morgan fingerprint density at radius 1 is 1.22 bits per heavy atom. The van der Waals surface area contributed by atoms with Gasteiger partial charge in [0.2, 0.25) is 5.95 Å². The predicted molar refractivity (Wildman–Crippen MR) is 70.0 cm³/mol. The molecule has 0 aromatic carbocycles. The largest absolute Gasteiger partial charge is 0.370 e. The lowest BCUT2D eigenvalue weighted by Gasteiger charge is -2.08. The highest BCUT2D eigenvalue weighted by atomic mass is 15.1. The van der Waals surface area contributed by atoms with Crippen LogP contribution in [0.5, 0.6) is 0 Å². The number of anilines is 3. The summed E-state index contributed by atoms with van der Waals surface area (Å²) in [5.74, 6) is 1.60. The molecule has 0 aliphatic rings. The summed E-state index contributed by atoms with van der Waals surface area (Å²) in [6.07, 6.45) is 3.21. The highest BCUT2D eigenvalue weighted by molar-refractivity contribution is 5.50. The molecule has 0 spiro atoms. The average Bonchev–Trinajstić information content (AvgIpc) is 2.37. The SMILES string of the molecule is CCNc1cc(NCc2ccncn2)nc(N)n1. The number of nitrogens with two attached hydrogens (primary N) is 1. The first-order valence-electron chi connectivity index (χ1n) is 5.65. The highest BCUT2D eigenvalue weighted by Gasteiger charge is 2.01. The molecule has 0 radical (unpaired) electrons. The number of rotatable bonds is 5. The molecular formula is C11H15N7. The Hall–Kier alpha value is -2.44. The van der Waals surface area contributed by atoms with Crippen LogP contribution in [0.4, 0.5) is 17.6 Å². The fourth-order valence-electron chi connectivity index (χ4n) is 1.43. The molecule has 0 aliphatic heterocycles. The van der Waals surface area contributed by atoms with Gasteiger partial charge in [-0.1, -0.05) is 0 Å². The Kier molecular flexibility index (Phi) is 3.85. The second kappa shape index (κ2) is 5.76. The van der Waals surface area contributed by atoms with Crippen LogP contribution < -0.4 is 16.4 Å². The molecule has 7 heteroatoms. The Bertz CT molecular complexity index is 500. The quantitative estimate of drug-likeness (QED) is 0.719. The Balaban J connectivity index is 2.05. The van der Waals surface area contributed by atoms with E-state index in [1.807, 2.05) is 13.0 Å². The van der Waals surface area contributed by atoms with E-state index in [1.165, 1.54) is 6.33 Å². The lowest BCUT2D eigenvalue weighted by atomic mass is 10.4. The first-order chi connectivity index (χ1) is 8.78. The topological polar surface area (TPSA) is 102 Å². The van der Waals surface area contributed by atoms with Crippen LogP contribution in [0.1, 0.15) is 12.6 Å². The maximum absolute atomic E-state index is 5.63. The van der Waals surface area contributed by atoms with Crippen molar-refractivity contribution in [1.82, 2.24) is 19.9 Å². The molecule has 0 saturated heterocycles. The van der Waals surface area contributed by atoms with Crippen molar-refractivity contribution in [3.05, 3.63) is 30.4 Å². The molecule has 4 N–H and O–H groups in total. The molecule has 0 aliphatic carbocycles. The highest BCUT2D eigenvalue weighted by Crippen LogP contribution is 2.12. The van der Waals surface area contributed by atoms with E-state index in [2.05, 4.69) is 30.6 Å². The van der Waals surface area contributed by atoms with Crippen LogP contribution in [0.3, 0.4) is 0 Å². The van der Waals surface area contributed by atoms with Crippen LogP contribution in [0.2, 0.25) is 0 Å². The van der Waals surface area contributed by atoms with Gasteiger partial charge in [0.05, 0.1) is 12.2 Å². The standard InChI is InChI=1S/C11H15N7/c1-2-14-9-5-10(18-11(12)17-9)15-6-8-3-4-13-7-16-8/h3-5,7H,2,6H2,1H3,(H4,12,14,15,17,18). The molecule has 0 saturated carbocycles. The molecular weight excluding hydrogens is 230 g/mol. The summed E-state index contributed by atoms with van der Waals surface area (Å²) in [6, 6.07) is 3.64. The van der Waals surface area contributed by atoms with Crippen molar-refractivity contribution in [2.75, 3.05) is 22.9 Å². The van der Waals surface area contributed by atoms with Crippen LogP contribution in [0, 0.1) is 0 Å². The second-order valence-corrected chi connectivity index (χ2v) is 3.58. The maximum Gasteiger partial charge on any atom is 0.223 e. The number of nitrogens with one attached hydrogen (secondary N) is 2. The van der Waals surface area contributed by atoms with Crippen molar-refractivity contribution in [2.45, 2.75) is 13.5 Å². The van der Waals surface area contributed by atoms with Gasteiger partial charge < -0.3 is 16.4 Å². The molecule has 0 bridgehead atoms. The lowest BCUT2D eigenvalue weighted by molar-refractivity contribution is 0.992. The van der Waals surface area contributed by atoms with Gasteiger partial charge in [0.25, 0.3) is 0 Å². The molecule has 0 fully saturated rings. The van der Waals surface area contributed by atoms with E-state index in [-0.39, 0.29) is 5.95 Å². The summed E-state index contributed by atoms with van der Waals surface area (Å²) in [6.45, 7) is 3.33. The molecule has 2 rings (SSSR count). The molecule has 2 aromatic rings. The van der Waals surface area contributed by atoms with Gasteiger partial charge in [0.15, 0.2) is 0 Å². The predicted octanol–water partition coefficient (Wildman–Crippen LogP) is 0.893. The molecule has 7 nitrogen and oxygen atoms in total. The number of hydrogen-bond acceptors (Lipinski definition) is 7. The first-order valence-corrected chi connectivity index (χ1v) is 5.65. The van der Waals surface area contributed by atoms with E-state index in [9.17, 15) is 0 Å². The molecule has 0 unspecified atom stereocenters. The van der Waals surface area contributed by atoms with E-state index in [0.29, 0.717) is 18.2 Å². The van der Waals surface area contributed by atoms with Crippen LogP contribution in [0.25, 0.3) is 0 Å². The average molecular weight is 245 g/mol. The zero-order valence-corrected chi connectivity index (χ0v) is 10.1. The Labute approximate surface area is 105 Å². The van der Waals surface area contributed by atoms with Crippen molar-refractivity contribution >= 4 is 17.6 Å². The fourth-order valence-corrected chi connectivity index (χ4v) is 1.43. The summed E-state index contributed by atoms with van der Waals surface area (Å²) in [4.78, 5) is 16.1. The van der Waals surface area contributed by atoms with Gasteiger partial charge in [-0.2, -0.15) is 9.97 Å². The zero-order chi connectivity index (χ0) is 12.8. The van der Waals surface area contributed by atoms with Gasteiger partial charge in [-0.15, -0.1) is 0 Å². The molecule has 18 heavy (non-hydrogen) atoms. The summed E-state index contributed by atoms with van der Waals surface area (Å²) < 4.78 is 0. The van der Waals surface area contributed by atoms with Crippen molar-refractivity contribution in [1.29, 1.82) is 0 Å². The summed E-state index contributed by atoms with van der Waals surface area (Å²) in [5, 5.41) is 6.23.